The molecule has 1 unspecified atom stereocenters. The second kappa shape index (κ2) is 36.7. The van der Waals surface area contributed by atoms with Crippen molar-refractivity contribution in [3.05, 3.63) is 0 Å². The van der Waals surface area contributed by atoms with Crippen molar-refractivity contribution in [3.8, 4) is 0 Å². The average Bonchev–Trinajstić information content (AvgIpc) is 3.51. The molecule has 0 spiro atoms. The topological polar surface area (TPSA) is 27.7 Å². The van der Waals surface area contributed by atoms with Crippen LogP contribution in [0.3, 0.4) is 0 Å². The third-order valence-electron chi connectivity index (χ3n) is 10.1. The van der Waals surface area contributed by atoms with Crippen LogP contribution in [0.1, 0.15) is 232 Å². The smallest absolute Gasteiger partial charge is 0.0814 e. The second-order valence-corrected chi connectivity index (χ2v) is 14.7. The summed E-state index contributed by atoms with van der Waals surface area (Å²) >= 11 is 0. The normalized spacial score (nSPS) is 16.7. The molecule has 45 heavy (non-hydrogen) atoms. The van der Waals surface area contributed by atoms with Crippen molar-refractivity contribution in [2.24, 2.45) is 0 Å². The van der Waals surface area contributed by atoms with Gasteiger partial charge in [0.2, 0.25) is 0 Å². The van der Waals surface area contributed by atoms with Gasteiger partial charge in [-0.25, -0.2) is 0 Å². The molecule has 0 N–H and O–H groups in total. The number of unbranched alkanes of at least 4 members (excludes halogenated alkanes) is 30. The minimum atomic E-state index is 0.287. The first kappa shape index (κ1) is 42.9. The molecular formula is C42H84O3. The minimum absolute atomic E-state index is 0.287. The maximum Gasteiger partial charge on any atom is 0.0814 e. The molecule has 1 saturated heterocycles. The van der Waals surface area contributed by atoms with E-state index in [9.17, 15) is 0 Å². The molecule has 0 aromatic rings. The van der Waals surface area contributed by atoms with E-state index in [0.29, 0.717) is 0 Å². The van der Waals surface area contributed by atoms with Gasteiger partial charge in [0, 0.05) is 13.2 Å². The van der Waals surface area contributed by atoms with Crippen LogP contribution in [-0.2, 0) is 14.2 Å². The Morgan fingerprint density at radius 2 is 0.556 bits per heavy atom. The molecule has 0 bridgehead atoms. The molecule has 0 saturated carbocycles. The quantitative estimate of drug-likeness (QED) is 0.0631. The molecule has 2 atom stereocenters. The Balaban J connectivity index is 1.71. The van der Waals surface area contributed by atoms with Crippen LogP contribution in [0.2, 0.25) is 0 Å². The summed E-state index contributed by atoms with van der Waals surface area (Å²) in [6.45, 7) is 7.95. The fourth-order valence-electron chi connectivity index (χ4n) is 6.96. The SMILES string of the molecule is CCCCCCCCCCCCCCCCCCOCC1CC[C@@H](COCCCCCCCCCCCCCCCCCC)O1. The highest BCUT2D eigenvalue weighted by Crippen LogP contribution is 2.21. The van der Waals surface area contributed by atoms with Gasteiger partial charge in [-0.1, -0.05) is 206 Å². The van der Waals surface area contributed by atoms with Gasteiger partial charge in [-0.15, -0.1) is 0 Å². The first-order valence-electron chi connectivity index (χ1n) is 21.2. The Morgan fingerprint density at radius 1 is 0.333 bits per heavy atom. The van der Waals surface area contributed by atoms with E-state index in [2.05, 4.69) is 13.8 Å². The van der Waals surface area contributed by atoms with Crippen molar-refractivity contribution >= 4 is 0 Å². The number of hydrogen-bond donors (Lipinski definition) is 0. The lowest BCUT2D eigenvalue weighted by Gasteiger charge is -2.14. The highest BCUT2D eigenvalue weighted by Gasteiger charge is 2.25. The summed E-state index contributed by atoms with van der Waals surface area (Å²) in [6, 6.07) is 0. The molecule has 1 aliphatic heterocycles. The number of ether oxygens (including phenoxy) is 3. The van der Waals surface area contributed by atoms with Gasteiger partial charge < -0.3 is 14.2 Å². The van der Waals surface area contributed by atoms with E-state index in [1.54, 1.807) is 0 Å². The fraction of sp³-hybridized carbons (Fsp3) is 1.00. The molecule has 0 aromatic heterocycles. The molecule has 270 valence electrons. The van der Waals surface area contributed by atoms with Crippen LogP contribution in [0.25, 0.3) is 0 Å². The largest absolute Gasteiger partial charge is 0.379 e. The van der Waals surface area contributed by atoms with Crippen LogP contribution >= 0.6 is 0 Å². The summed E-state index contributed by atoms with van der Waals surface area (Å²) in [4.78, 5) is 0. The summed E-state index contributed by atoms with van der Waals surface area (Å²) in [5.74, 6) is 0. The van der Waals surface area contributed by atoms with E-state index in [-0.39, 0.29) is 12.2 Å². The van der Waals surface area contributed by atoms with Crippen molar-refractivity contribution in [1.29, 1.82) is 0 Å². The van der Waals surface area contributed by atoms with E-state index >= 15 is 0 Å². The van der Waals surface area contributed by atoms with Gasteiger partial charge in [0.25, 0.3) is 0 Å². The van der Waals surface area contributed by atoms with Gasteiger partial charge in [0.05, 0.1) is 25.4 Å². The third-order valence-corrected chi connectivity index (χ3v) is 10.1. The molecule has 0 amide bonds. The van der Waals surface area contributed by atoms with E-state index in [1.165, 1.54) is 205 Å². The van der Waals surface area contributed by atoms with Crippen LogP contribution in [0.5, 0.6) is 0 Å². The van der Waals surface area contributed by atoms with Crippen LogP contribution < -0.4 is 0 Å². The number of hydrogen-bond acceptors (Lipinski definition) is 3. The van der Waals surface area contributed by atoms with Crippen LogP contribution in [-0.4, -0.2) is 38.6 Å². The van der Waals surface area contributed by atoms with Gasteiger partial charge in [-0.3, -0.25) is 0 Å². The molecule has 1 fully saturated rings. The molecular weight excluding hydrogens is 552 g/mol. The third kappa shape index (κ3) is 32.2. The summed E-state index contributed by atoms with van der Waals surface area (Å²) < 4.78 is 18.1. The molecule has 3 heteroatoms. The second-order valence-electron chi connectivity index (χ2n) is 14.7. The van der Waals surface area contributed by atoms with Crippen molar-refractivity contribution in [1.82, 2.24) is 0 Å². The van der Waals surface area contributed by atoms with Crippen molar-refractivity contribution in [3.63, 3.8) is 0 Å². The zero-order valence-corrected chi connectivity index (χ0v) is 31.2. The molecule has 0 radical (unpaired) electrons. The predicted molar refractivity (Wildman–Crippen MR) is 199 cm³/mol. The maximum absolute atomic E-state index is 6.18. The zero-order valence-electron chi connectivity index (χ0n) is 31.2. The molecule has 0 aromatic carbocycles. The van der Waals surface area contributed by atoms with Gasteiger partial charge in [0.1, 0.15) is 0 Å². The lowest BCUT2D eigenvalue weighted by atomic mass is 10.0. The minimum Gasteiger partial charge on any atom is -0.379 e. The van der Waals surface area contributed by atoms with Gasteiger partial charge in [0.15, 0.2) is 0 Å². The van der Waals surface area contributed by atoms with E-state index in [0.717, 1.165) is 39.3 Å². The molecule has 3 nitrogen and oxygen atoms in total. The molecule has 1 rings (SSSR count). The van der Waals surface area contributed by atoms with Crippen LogP contribution in [0, 0.1) is 0 Å². The lowest BCUT2D eigenvalue weighted by Crippen LogP contribution is -2.20. The van der Waals surface area contributed by atoms with Crippen molar-refractivity contribution < 1.29 is 14.2 Å². The monoisotopic (exact) mass is 637 g/mol. The predicted octanol–water partition coefficient (Wildman–Crippen LogP) is 14.1. The van der Waals surface area contributed by atoms with Crippen molar-refractivity contribution in [2.45, 2.75) is 244 Å². The van der Waals surface area contributed by atoms with Crippen molar-refractivity contribution in [2.75, 3.05) is 26.4 Å². The van der Waals surface area contributed by atoms with Crippen LogP contribution in [0.4, 0.5) is 0 Å². The number of rotatable bonds is 38. The zero-order chi connectivity index (χ0) is 32.1. The van der Waals surface area contributed by atoms with E-state index < -0.39 is 0 Å². The highest BCUT2D eigenvalue weighted by molar-refractivity contribution is 4.73. The Hall–Kier alpha value is -0.120. The lowest BCUT2D eigenvalue weighted by molar-refractivity contribution is -0.0460. The van der Waals surface area contributed by atoms with Gasteiger partial charge in [-0.05, 0) is 25.7 Å². The molecule has 1 aliphatic rings. The summed E-state index contributed by atoms with van der Waals surface area (Å²) in [6.07, 6.45) is 48.1. The summed E-state index contributed by atoms with van der Waals surface area (Å²) in [5.41, 5.74) is 0. The Kier molecular flexibility index (Phi) is 35.0. The maximum atomic E-state index is 6.18. The van der Waals surface area contributed by atoms with Gasteiger partial charge in [-0.2, -0.15) is 0 Å². The van der Waals surface area contributed by atoms with Gasteiger partial charge >= 0.3 is 0 Å². The highest BCUT2D eigenvalue weighted by atomic mass is 16.6. The fourth-order valence-corrected chi connectivity index (χ4v) is 6.96. The first-order chi connectivity index (χ1) is 22.4. The summed E-state index contributed by atoms with van der Waals surface area (Å²) in [5, 5.41) is 0. The Bertz CT molecular complexity index is 492. The first-order valence-corrected chi connectivity index (χ1v) is 21.2. The average molecular weight is 637 g/mol. The molecule has 1 heterocycles. The van der Waals surface area contributed by atoms with Crippen LogP contribution in [0.15, 0.2) is 0 Å². The summed E-state index contributed by atoms with van der Waals surface area (Å²) in [7, 11) is 0. The Morgan fingerprint density at radius 3 is 0.800 bits per heavy atom. The molecule has 0 aliphatic carbocycles. The van der Waals surface area contributed by atoms with E-state index in [4.69, 9.17) is 14.2 Å². The standard InChI is InChI=1S/C42H84O3/c1-3-5-7-9-11-13-15-17-19-21-23-25-27-29-31-33-37-43-39-41-35-36-42(45-41)40-44-38-34-32-30-28-26-24-22-20-18-16-14-12-10-8-6-4-2/h41-42H,3-40H2,1-2H3/t41-,42?/m0/s1. The Labute approximate surface area is 284 Å². The van der Waals surface area contributed by atoms with E-state index in [1.807, 2.05) is 0 Å².